The third-order valence-corrected chi connectivity index (χ3v) is 8.69. The van der Waals surface area contributed by atoms with E-state index in [-0.39, 0.29) is 24.7 Å². The molecule has 216 valence electrons. The van der Waals surface area contributed by atoms with Crippen molar-refractivity contribution in [2.24, 2.45) is 5.92 Å². The number of anilines is 2. The van der Waals surface area contributed by atoms with E-state index in [9.17, 15) is 15.0 Å². The Morgan fingerprint density at radius 2 is 1.85 bits per heavy atom. The zero-order valence-corrected chi connectivity index (χ0v) is 24.7. The molecule has 0 saturated heterocycles. The summed E-state index contributed by atoms with van der Waals surface area (Å²) in [4.78, 5) is 33.7. The van der Waals surface area contributed by atoms with E-state index in [2.05, 4.69) is 15.6 Å². The molecule has 2 aliphatic rings. The number of nitrogens with zero attached hydrogens (tertiary/aromatic N) is 5. The van der Waals surface area contributed by atoms with Gasteiger partial charge in [-0.3, -0.25) is 9.78 Å². The predicted molar refractivity (Wildman–Crippen MR) is 162 cm³/mol. The lowest BCUT2D eigenvalue weighted by atomic mass is 10.0. The summed E-state index contributed by atoms with van der Waals surface area (Å²) in [5.74, 6) is 0.536. The molecule has 2 aliphatic carbocycles. The Hall–Kier alpha value is -3.38. The van der Waals surface area contributed by atoms with E-state index in [1.54, 1.807) is 25.4 Å². The molecule has 3 heterocycles. The van der Waals surface area contributed by atoms with Gasteiger partial charge in [0.1, 0.15) is 22.4 Å². The summed E-state index contributed by atoms with van der Waals surface area (Å²) < 4.78 is 1.04. The molecule has 4 aromatic rings. The molecular weight excluding hydrogens is 562 g/mol. The van der Waals surface area contributed by atoms with Gasteiger partial charge >= 0.3 is 0 Å². The fraction of sp³-hybridized carbons (Fsp3) is 0.414. The van der Waals surface area contributed by atoms with Crippen molar-refractivity contribution in [1.82, 2.24) is 24.8 Å². The van der Waals surface area contributed by atoms with Gasteiger partial charge in [-0.15, -0.1) is 23.7 Å². The lowest BCUT2D eigenvalue weighted by molar-refractivity contribution is -0.133. The molecule has 0 radical (unpaired) electrons. The van der Waals surface area contributed by atoms with Gasteiger partial charge < -0.3 is 25.7 Å². The second-order valence-electron chi connectivity index (χ2n) is 10.8. The highest BCUT2D eigenvalue weighted by molar-refractivity contribution is 7.21. The second-order valence-corrected chi connectivity index (χ2v) is 11.9. The Balaban J connectivity index is 0.00000337. The van der Waals surface area contributed by atoms with Crippen molar-refractivity contribution in [2.45, 2.75) is 56.9 Å². The Morgan fingerprint density at radius 3 is 2.56 bits per heavy atom. The van der Waals surface area contributed by atoms with E-state index < -0.39 is 24.2 Å². The topological polar surface area (TPSA) is 136 Å². The molecule has 4 atom stereocenters. The number of amides is 1. The quantitative estimate of drug-likeness (QED) is 0.238. The fourth-order valence-corrected chi connectivity index (χ4v) is 6.45. The smallest absolute Gasteiger partial charge is 0.227 e. The van der Waals surface area contributed by atoms with Gasteiger partial charge in [0, 0.05) is 32.8 Å². The molecule has 10 nitrogen and oxygen atoms in total. The molecule has 12 heteroatoms. The molecule has 0 aliphatic heterocycles. The maximum Gasteiger partial charge on any atom is 0.227 e. The van der Waals surface area contributed by atoms with Crippen molar-refractivity contribution in [2.75, 3.05) is 24.7 Å². The van der Waals surface area contributed by atoms with Crippen LogP contribution in [0.5, 0.6) is 0 Å². The number of carbonyl (C=O) groups is 1. The first-order valence-corrected chi connectivity index (χ1v) is 14.4. The predicted octanol–water partition coefficient (Wildman–Crippen LogP) is 3.98. The molecule has 0 spiro atoms. The van der Waals surface area contributed by atoms with Gasteiger partial charge in [-0.1, -0.05) is 30.3 Å². The number of nitrogens with one attached hydrogen (secondary N) is 2. The number of pyridine rings is 1. The number of thiazole rings is 1. The molecular formula is C29H34ClN7O3S. The molecule has 0 unspecified atom stereocenters. The SMILES string of the molecule is Cc1nc(NCc2ccccc2)nc(N[C@H]2[C@H](O)[C@H](O)C[C@H]2C(=O)N(C)C)c1-c1nc2c(C3CC3)nccc2s1.Cl. The van der Waals surface area contributed by atoms with Crippen molar-refractivity contribution < 1.29 is 15.0 Å². The van der Waals surface area contributed by atoms with Crippen LogP contribution >= 0.6 is 23.7 Å². The fourth-order valence-electron chi connectivity index (χ4n) is 5.38. The summed E-state index contributed by atoms with van der Waals surface area (Å²) in [6, 6.07) is 11.2. The van der Waals surface area contributed by atoms with Crippen molar-refractivity contribution >= 4 is 51.6 Å². The summed E-state index contributed by atoms with van der Waals surface area (Å²) >= 11 is 1.55. The number of benzene rings is 1. The van der Waals surface area contributed by atoms with Gasteiger partial charge in [0.2, 0.25) is 11.9 Å². The van der Waals surface area contributed by atoms with Crippen molar-refractivity contribution in [3.05, 3.63) is 59.5 Å². The maximum atomic E-state index is 13.0. The minimum absolute atomic E-state index is 0. The molecule has 6 rings (SSSR count). The van der Waals surface area contributed by atoms with E-state index >= 15 is 0 Å². The number of rotatable bonds is 8. The summed E-state index contributed by atoms with van der Waals surface area (Å²) in [6.45, 7) is 2.44. The highest BCUT2D eigenvalue weighted by Crippen LogP contribution is 2.44. The van der Waals surface area contributed by atoms with Crippen molar-refractivity contribution in [1.29, 1.82) is 0 Å². The van der Waals surface area contributed by atoms with E-state index in [0.29, 0.717) is 35.5 Å². The van der Waals surface area contributed by atoms with Crippen molar-refractivity contribution in [3.63, 3.8) is 0 Å². The van der Waals surface area contributed by atoms with Gasteiger partial charge in [0.25, 0.3) is 0 Å². The van der Waals surface area contributed by atoms with Gasteiger partial charge in [0.15, 0.2) is 0 Å². The second kappa shape index (κ2) is 11.8. The minimum atomic E-state index is -1.14. The number of hydrogen-bond acceptors (Lipinski definition) is 10. The normalized spacial score (nSPS) is 21.9. The summed E-state index contributed by atoms with van der Waals surface area (Å²) in [5.41, 5.74) is 4.42. The number of aliphatic hydroxyl groups excluding tert-OH is 2. The van der Waals surface area contributed by atoms with Gasteiger partial charge in [-0.05, 0) is 37.8 Å². The largest absolute Gasteiger partial charge is 0.390 e. The van der Waals surface area contributed by atoms with Crippen LogP contribution in [-0.4, -0.2) is 73.3 Å². The molecule has 2 fully saturated rings. The molecule has 2 saturated carbocycles. The monoisotopic (exact) mass is 595 g/mol. The van der Waals surface area contributed by atoms with Gasteiger partial charge in [-0.2, -0.15) is 4.98 Å². The van der Waals surface area contributed by atoms with E-state index in [0.717, 1.165) is 39.3 Å². The van der Waals surface area contributed by atoms with Crippen LogP contribution in [-0.2, 0) is 11.3 Å². The first kappa shape index (κ1) is 29.1. The summed E-state index contributed by atoms with van der Waals surface area (Å²) in [5, 5.41) is 28.8. The van der Waals surface area contributed by atoms with Crippen LogP contribution in [0.25, 0.3) is 20.8 Å². The van der Waals surface area contributed by atoms with Crippen LogP contribution in [0.1, 0.15) is 42.1 Å². The third kappa shape index (κ3) is 5.85. The summed E-state index contributed by atoms with van der Waals surface area (Å²) in [7, 11) is 3.35. The van der Waals surface area contributed by atoms with Crippen LogP contribution in [0.15, 0.2) is 42.6 Å². The Labute approximate surface area is 248 Å². The lowest BCUT2D eigenvalue weighted by Gasteiger charge is -2.26. The zero-order chi connectivity index (χ0) is 28.0. The average molecular weight is 596 g/mol. The number of aliphatic hydroxyl groups is 2. The lowest BCUT2D eigenvalue weighted by Crippen LogP contribution is -2.43. The molecule has 3 aromatic heterocycles. The number of aryl methyl sites for hydroxylation is 1. The zero-order valence-electron chi connectivity index (χ0n) is 23.1. The van der Waals surface area contributed by atoms with Gasteiger partial charge in [-0.25, -0.2) is 9.97 Å². The number of carbonyl (C=O) groups excluding carboxylic acids is 1. The van der Waals surface area contributed by atoms with Crippen LogP contribution in [0, 0.1) is 12.8 Å². The third-order valence-electron chi connectivity index (χ3n) is 7.65. The number of fused-ring (bicyclic) bond motifs is 1. The first-order chi connectivity index (χ1) is 19.3. The van der Waals surface area contributed by atoms with Crippen LogP contribution < -0.4 is 10.6 Å². The van der Waals surface area contributed by atoms with Crippen molar-refractivity contribution in [3.8, 4) is 10.6 Å². The molecule has 0 bridgehead atoms. The highest BCUT2D eigenvalue weighted by atomic mass is 35.5. The molecule has 4 N–H and O–H groups in total. The van der Waals surface area contributed by atoms with E-state index in [4.69, 9.17) is 15.0 Å². The van der Waals surface area contributed by atoms with E-state index in [1.165, 1.54) is 4.90 Å². The Bertz CT molecular complexity index is 1550. The van der Waals surface area contributed by atoms with Crippen LogP contribution in [0.4, 0.5) is 11.8 Å². The van der Waals surface area contributed by atoms with Crippen LogP contribution in [0.2, 0.25) is 0 Å². The molecule has 1 amide bonds. The molecule has 41 heavy (non-hydrogen) atoms. The van der Waals surface area contributed by atoms with Crippen LogP contribution in [0.3, 0.4) is 0 Å². The Morgan fingerprint density at radius 1 is 1.10 bits per heavy atom. The Kier molecular flexibility index (Phi) is 8.42. The standard InChI is InChI=1S/C29H33N7O3S.ClH/c1-15-21(27-34-24-20(40-27)11-12-30-22(24)17-9-10-17)26(35-29(32-15)31-14-16-7-5-4-6-8-16)33-23-18(28(39)36(2)3)13-19(37)25(23)38;/h4-8,11-12,17-19,23,25,37-38H,9-10,13-14H2,1-3H3,(H2,31,32,33,35);1H/t18-,19-,23-,25-;/m1./s1. The minimum Gasteiger partial charge on any atom is -0.390 e. The maximum absolute atomic E-state index is 13.0. The highest BCUT2D eigenvalue weighted by Gasteiger charge is 2.46. The van der Waals surface area contributed by atoms with Gasteiger partial charge in [0.05, 0.1) is 39.7 Å². The number of halogens is 1. The first-order valence-electron chi connectivity index (χ1n) is 13.6. The number of aromatic nitrogens is 4. The number of hydrogen-bond donors (Lipinski definition) is 4. The summed E-state index contributed by atoms with van der Waals surface area (Å²) in [6.07, 6.45) is 2.08. The van der Waals surface area contributed by atoms with E-state index in [1.807, 2.05) is 49.5 Å². The molecule has 1 aromatic carbocycles. The average Bonchev–Trinajstić information content (AvgIpc) is 3.64.